The molecule has 0 amide bonds. The highest BCUT2D eigenvalue weighted by Crippen LogP contribution is 2.34. The van der Waals surface area contributed by atoms with Gasteiger partial charge in [-0.05, 0) is 43.0 Å². The fourth-order valence-corrected chi connectivity index (χ4v) is 3.31. The molecule has 0 aromatic heterocycles. The molecule has 1 aliphatic rings. The maximum absolute atomic E-state index is 10.7. The minimum absolute atomic E-state index is 0.148. The van der Waals surface area contributed by atoms with Gasteiger partial charge < -0.3 is 0 Å². The standard InChI is InChI=1S/C18H20N2O2/c1-19(13-14-9-11-16(12-10-14)20(21)22)18-8-4-6-15-5-2-3-7-17(15)18/h2-3,5,7,9-12,18H,4,6,8,13H2,1H3/t18-/m0/s1. The molecular formula is C18H20N2O2. The summed E-state index contributed by atoms with van der Waals surface area (Å²) in [4.78, 5) is 12.7. The van der Waals surface area contributed by atoms with Crippen LogP contribution in [-0.2, 0) is 13.0 Å². The fraction of sp³-hybridized carbons (Fsp3) is 0.333. The first-order valence-electron chi connectivity index (χ1n) is 7.66. The average Bonchev–Trinajstić information content (AvgIpc) is 2.54. The minimum atomic E-state index is -0.356. The molecule has 2 aromatic rings. The molecule has 114 valence electrons. The summed E-state index contributed by atoms with van der Waals surface area (Å²) in [5.74, 6) is 0. The van der Waals surface area contributed by atoms with Crippen LogP contribution in [0.2, 0.25) is 0 Å². The molecule has 1 aliphatic carbocycles. The van der Waals surface area contributed by atoms with Crippen molar-refractivity contribution in [2.24, 2.45) is 0 Å². The first-order valence-corrected chi connectivity index (χ1v) is 7.66. The lowest BCUT2D eigenvalue weighted by Crippen LogP contribution is -2.27. The van der Waals surface area contributed by atoms with Gasteiger partial charge in [0.2, 0.25) is 0 Å². The van der Waals surface area contributed by atoms with Gasteiger partial charge in [-0.3, -0.25) is 15.0 Å². The SMILES string of the molecule is CN(Cc1ccc([N+](=O)[O-])cc1)[C@H]1CCCc2ccccc21. The largest absolute Gasteiger partial charge is 0.295 e. The maximum atomic E-state index is 10.7. The average molecular weight is 296 g/mol. The van der Waals surface area contributed by atoms with E-state index in [1.54, 1.807) is 12.1 Å². The van der Waals surface area contributed by atoms with E-state index in [1.165, 1.54) is 24.0 Å². The summed E-state index contributed by atoms with van der Waals surface area (Å²) in [7, 11) is 2.13. The van der Waals surface area contributed by atoms with Gasteiger partial charge in [0.25, 0.3) is 5.69 Å². The lowest BCUT2D eigenvalue weighted by Gasteiger charge is -2.33. The Kier molecular flexibility index (Phi) is 4.20. The number of hydrogen-bond acceptors (Lipinski definition) is 3. The zero-order valence-corrected chi connectivity index (χ0v) is 12.7. The van der Waals surface area contributed by atoms with Gasteiger partial charge in [0.15, 0.2) is 0 Å². The molecule has 0 spiro atoms. The molecule has 0 N–H and O–H groups in total. The van der Waals surface area contributed by atoms with Crippen LogP contribution in [0.15, 0.2) is 48.5 Å². The summed E-state index contributed by atoms with van der Waals surface area (Å²) in [6, 6.07) is 16.0. The number of hydrogen-bond donors (Lipinski definition) is 0. The Balaban J connectivity index is 1.75. The van der Waals surface area contributed by atoms with Gasteiger partial charge in [0.1, 0.15) is 0 Å². The van der Waals surface area contributed by atoms with E-state index in [4.69, 9.17) is 0 Å². The van der Waals surface area contributed by atoms with Crippen LogP contribution in [0.25, 0.3) is 0 Å². The summed E-state index contributed by atoms with van der Waals surface area (Å²) < 4.78 is 0. The van der Waals surface area contributed by atoms with Crippen LogP contribution < -0.4 is 0 Å². The van der Waals surface area contributed by atoms with Gasteiger partial charge in [-0.1, -0.05) is 36.4 Å². The first kappa shape index (κ1) is 14.7. The van der Waals surface area contributed by atoms with E-state index in [0.717, 1.165) is 18.5 Å². The monoisotopic (exact) mass is 296 g/mol. The minimum Gasteiger partial charge on any atom is -0.295 e. The molecule has 0 heterocycles. The normalized spacial score (nSPS) is 17.3. The molecule has 0 radical (unpaired) electrons. The number of nitro benzene ring substituents is 1. The summed E-state index contributed by atoms with van der Waals surface area (Å²) in [6.45, 7) is 0.803. The number of nitrogens with zero attached hydrogens (tertiary/aromatic N) is 2. The number of benzene rings is 2. The van der Waals surface area contributed by atoms with E-state index in [-0.39, 0.29) is 10.6 Å². The molecule has 0 bridgehead atoms. The lowest BCUT2D eigenvalue weighted by molar-refractivity contribution is -0.384. The van der Waals surface area contributed by atoms with Crippen LogP contribution in [0.5, 0.6) is 0 Å². The Labute approximate surface area is 130 Å². The molecule has 0 saturated carbocycles. The van der Waals surface area contributed by atoms with E-state index in [0.29, 0.717) is 6.04 Å². The van der Waals surface area contributed by atoms with Crippen LogP contribution in [0.3, 0.4) is 0 Å². The van der Waals surface area contributed by atoms with Gasteiger partial charge in [-0.15, -0.1) is 0 Å². The number of non-ortho nitro benzene ring substituents is 1. The van der Waals surface area contributed by atoms with Gasteiger partial charge in [0.05, 0.1) is 4.92 Å². The van der Waals surface area contributed by atoms with Gasteiger partial charge in [-0.25, -0.2) is 0 Å². The second-order valence-electron chi connectivity index (χ2n) is 5.95. The first-order chi connectivity index (χ1) is 10.6. The maximum Gasteiger partial charge on any atom is 0.269 e. The molecule has 2 aromatic carbocycles. The van der Waals surface area contributed by atoms with Crippen LogP contribution in [-0.4, -0.2) is 16.9 Å². The van der Waals surface area contributed by atoms with Gasteiger partial charge >= 0.3 is 0 Å². The van der Waals surface area contributed by atoms with Crippen molar-refractivity contribution in [3.8, 4) is 0 Å². The Morgan fingerprint density at radius 3 is 2.64 bits per heavy atom. The van der Waals surface area contributed by atoms with E-state index in [9.17, 15) is 10.1 Å². The Morgan fingerprint density at radius 1 is 1.18 bits per heavy atom. The summed E-state index contributed by atoms with van der Waals surface area (Å²) in [5.41, 5.74) is 4.14. The van der Waals surface area contributed by atoms with Crippen LogP contribution >= 0.6 is 0 Å². The third kappa shape index (κ3) is 3.02. The Morgan fingerprint density at radius 2 is 1.91 bits per heavy atom. The molecule has 4 nitrogen and oxygen atoms in total. The predicted octanol–water partition coefficient (Wildman–Crippen LogP) is 4.10. The van der Waals surface area contributed by atoms with Crippen LogP contribution in [0.1, 0.15) is 35.6 Å². The van der Waals surface area contributed by atoms with Crippen molar-refractivity contribution in [3.05, 3.63) is 75.3 Å². The summed E-state index contributed by atoms with van der Waals surface area (Å²) >= 11 is 0. The zero-order valence-electron chi connectivity index (χ0n) is 12.7. The van der Waals surface area contributed by atoms with Gasteiger partial charge in [-0.2, -0.15) is 0 Å². The van der Waals surface area contributed by atoms with Crippen molar-refractivity contribution < 1.29 is 4.92 Å². The number of fused-ring (bicyclic) bond motifs is 1. The fourth-order valence-electron chi connectivity index (χ4n) is 3.31. The third-order valence-corrected chi connectivity index (χ3v) is 4.45. The van der Waals surface area contributed by atoms with Crippen molar-refractivity contribution in [1.82, 2.24) is 4.90 Å². The van der Waals surface area contributed by atoms with Crippen LogP contribution in [0.4, 0.5) is 5.69 Å². The van der Waals surface area contributed by atoms with Crippen molar-refractivity contribution in [2.45, 2.75) is 31.8 Å². The molecule has 1 atom stereocenters. The molecule has 0 saturated heterocycles. The smallest absolute Gasteiger partial charge is 0.269 e. The van der Waals surface area contributed by atoms with Crippen molar-refractivity contribution >= 4 is 5.69 Å². The van der Waals surface area contributed by atoms with Crippen molar-refractivity contribution in [1.29, 1.82) is 0 Å². The molecule has 22 heavy (non-hydrogen) atoms. The highest BCUT2D eigenvalue weighted by molar-refractivity contribution is 5.34. The van der Waals surface area contributed by atoms with Crippen LogP contribution in [0, 0.1) is 10.1 Å². The quantitative estimate of drug-likeness (QED) is 0.630. The van der Waals surface area contributed by atoms with E-state index in [1.807, 2.05) is 12.1 Å². The second-order valence-corrected chi connectivity index (χ2v) is 5.95. The van der Waals surface area contributed by atoms with Crippen molar-refractivity contribution in [2.75, 3.05) is 7.05 Å². The number of rotatable bonds is 4. The Hall–Kier alpha value is -2.20. The van der Waals surface area contributed by atoms with E-state index in [2.05, 4.69) is 36.2 Å². The molecule has 3 rings (SSSR count). The van der Waals surface area contributed by atoms with E-state index < -0.39 is 0 Å². The zero-order chi connectivity index (χ0) is 15.5. The molecule has 0 fully saturated rings. The summed E-state index contributed by atoms with van der Waals surface area (Å²) in [6.07, 6.45) is 3.55. The molecule has 0 unspecified atom stereocenters. The second kappa shape index (κ2) is 6.28. The molecule has 0 aliphatic heterocycles. The molecular weight excluding hydrogens is 276 g/mol. The Bertz CT molecular complexity index is 667. The highest BCUT2D eigenvalue weighted by atomic mass is 16.6. The number of aryl methyl sites for hydroxylation is 1. The topological polar surface area (TPSA) is 46.4 Å². The van der Waals surface area contributed by atoms with E-state index >= 15 is 0 Å². The predicted molar refractivity (Wildman–Crippen MR) is 86.7 cm³/mol. The molecule has 4 heteroatoms. The van der Waals surface area contributed by atoms with Crippen molar-refractivity contribution in [3.63, 3.8) is 0 Å². The van der Waals surface area contributed by atoms with Gasteiger partial charge in [0, 0.05) is 24.7 Å². The number of nitro groups is 1. The lowest BCUT2D eigenvalue weighted by atomic mass is 9.87. The summed E-state index contributed by atoms with van der Waals surface area (Å²) in [5, 5.41) is 10.7. The highest BCUT2D eigenvalue weighted by Gasteiger charge is 2.23. The third-order valence-electron chi connectivity index (χ3n) is 4.45.